The number of para-hydroxylation sites is 1. The number of amides is 1. The molecule has 0 saturated heterocycles. The van der Waals surface area contributed by atoms with Gasteiger partial charge >= 0.3 is 5.97 Å². The van der Waals surface area contributed by atoms with Gasteiger partial charge in [0.2, 0.25) is 0 Å². The van der Waals surface area contributed by atoms with E-state index in [0.29, 0.717) is 36.6 Å². The first-order valence-electron chi connectivity index (χ1n) is 9.48. The average molecular weight is 395 g/mol. The Kier molecular flexibility index (Phi) is 6.22. The van der Waals surface area contributed by atoms with E-state index >= 15 is 0 Å². The van der Waals surface area contributed by atoms with E-state index in [-0.39, 0.29) is 5.91 Å². The van der Waals surface area contributed by atoms with Gasteiger partial charge in [0.25, 0.3) is 5.91 Å². The fourth-order valence-corrected chi connectivity index (χ4v) is 3.13. The first kappa shape index (κ1) is 20.5. The van der Waals surface area contributed by atoms with E-state index < -0.39 is 11.4 Å². The third-order valence-electron chi connectivity index (χ3n) is 5.10. The van der Waals surface area contributed by atoms with Crippen LogP contribution in [0.15, 0.2) is 66.2 Å². The second-order valence-corrected chi connectivity index (χ2v) is 7.35. The van der Waals surface area contributed by atoms with Crippen molar-refractivity contribution >= 4 is 11.9 Å². The molecule has 1 aliphatic heterocycles. The number of carbonyl (C=O) groups is 2. The van der Waals surface area contributed by atoms with E-state index in [9.17, 15) is 9.59 Å². The van der Waals surface area contributed by atoms with E-state index in [1.54, 1.807) is 74.4 Å². The summed E-state index contributed by atoms with van der Waals surface area (Å²) in [5, 5.41) is 0. The van der Waals surface area contributed by atoms with Crippen molar-refractivity contribution in [3.8, 4) is 11.5 Å². The lowest BCUT2D eigenvalue weighted by molar-refractivity contribution is -0.222. The van der Waals surface area contributed by atoms with Crippen molar-refractivity contribution in [2.24, 2.45) is 5.41 Å². The first-order valence-corrected chi connectivity index (χ1v) is 9.48. The fourth-order valence-electron chi connectivity index (χ4n) is 3.13. The second kappa shape index (κ2) is 8.82. The van der Waals surface area contributed by atoms with Gasteiger partial charge in [-0.2, -0.15) is 0 Å². The van der Waals surface area contributed by atoms with Gasteiger partial charge in [0.05, 0.1) is 12.5 Å². The predicted molar refractivity (Wildman–Crippen MR) is 109 cm³/mol. The minimum absolute atomic E-state index is 0.0456. The van der Waals surface area contributed by atoms with Crippen molar-refractivity contribution in [1.82, 2.24) is 4.90 Å². The van der Waals surface area contributed by atoms with E-state index in [1.165, 1.54) is 0 Å². The maximum Gasteiger partial charge on any atom is 0.364 e. The summed E-state index contributed by atoms with van der Waals surface area (Å²) in [5.41, 5.74) is 0.694. The van der Waals surface area contributed by atoms with Gasteiger partial charge in [0, 0.05) is 18.7 Å². The van der Waals surface area contributed by atoms with Crippen LogP contribution in [0.1, 0.15) is 30.6 Å². The molecule has 2 aromatic rings. The Hall–Kier alpha value is -3.28. The Bertz CT molecular complexity index is 887. The van der Waals surface area contributed by atoms with Crippen LogP contribution < -0.4 is 9.62 Å². The lowest BCUT2D eigenvalue weighted by Crippen LogP contribution is -2.39. The summed E-state index contributed by atoms with van der Waals surface area (Å²) < 4.78 is 5.13. The summed E-state index contributed by atoms with van der Waals surface area (Å²) in [6.45, 7) is 4.58. The van der Waals surface area contributed by atoms with E-state index in [2.05, 4.69) is 0 Å². The number of methoxy groups -OCH3 is 1. The van der Waals surface area contributed by atoms with Crippen LogP contribution in [0.25, 0.3) is 0 Å². The molecule has 0 atom stereocenters. The maximum absolute atomic E-state index is 12.7. The van der Waals surface area contributed by atoms with Crippen LogP contribution in [0.3, 0.4) is 0 Å². The molecule has 0 N–H and O–H groups in total. The molecule has 0 unspecified atom stereocenters. The second-order valence-electron chi connectivity index (χ2n) is 7.35. The zero-order chi connectivity index (χ0) is 20.9. The minimum Gasteiger partial charge on any atom is -0.497 e. The Morgan fingerprint density at radius 2 is 1.66 bits per heavy atom. The van der Waals surface area contributed by atoms with Crippen molar-refractivity contribution < 1.29 is 24.1 Å². The normalized spacial score (nSPS) is 14.0. The average Bonchev–Trinajstić information content (AvgIpc) is 2.77. The Balaban J connectivity index is 1.60. The maximum atomic E-state index is 12.7. The zero-order valence-corrected chi connectivity index (χ0v) is 16.9. The van der Waals surface area contributed by atoms with Gasteiger partial charge in [0.15, 0.2) is 5.75 Å². The molecule has 0 aliphatic carbocycles. The Morgan fingerprint density at radius 1 is 0.966 bits per heavy atom. The molecule has 0 radical (unpaired) electrons. The van der Waals surface area contributed by atoms with Gasteiger partial charge in [-0.15, -0.1) is 0 Å². The Labute approximate surface area is 170 Å². The summed E-state index contributed by atoms with van der Waals surface area (Å²) in [6, 6.07) is 15.9. The highest BCUT2D eigenvalue weighted by Gasteiger charge is 2.36. The van der Waals surface area contributed by atoms with Crippen LogP contribution in [0, 0.1) is 5.41 Å². The molecule has 0 fully saturated rings. The third kappa shape index (κ3) is 4.77. The molecule has 0 saturated carbocycles. The molecular weight excluding hydrogens is 370 g/mol. The number of nitrogens with zero attached hydrogens (tertiary/aromatic N) is 1. The molecule has 3 rings (SSSR count). The molecule has 152 valence electrons. The van der Waals surface area contributed by atoms with Crippen LogP contribution >= 0.6 is 0 Å². The highest BCUT2D eigenvalue weighted by atomic mass is 17.2. The smallest absolute Gasteiger partial charge is 0.364 e. The third-order valence-corrected chi connectivity index (χ3v) is 5.10. The topological polar surface area (TPSA) is 65.1 Å². The lowest BCUT2D eigenvalue weighted by atomic mass is 9.81. The lowest BCUT2D eigenvalue weighted by Gasteiger charge is -2.32. The molecule has 0 spiro atoms. The molecule has 1 heterocycles. The highest BCUT2D eigenvalue weighted by molar-refractivity contribution is 5.94. The van der Waals surface area contributed by atoms with Crippen molar-refractivity contribution in [1.29, 1.82) is 0 Å². The molecule has 6 nitrogen and oxygen atoms in total. The standard InChI is InChI=1S/C23H25NO5/c1-23(2,22(26)29-28-20-7-5-4-6-8-20)18-13-15-24(16-14-18)21(25)17-9-11-19(27-3)12-10-17/h4-13H,14-16H2,1-3H3. The van der Waals surface area contributed by atoms with Crippen molar-refractivity contribution in [3.63, 3.8) is 0 Å². The number of carbonyl (C=O) groups excluding carboxylic acids is 2. The largest absolute Gasteiger partial charge is 0.497 e. The van der Waals surface area contributed by atoms with Crippen molar-refractivity contribution in [2.75, 3.05) is 20.2 Å². The quantitative estimate of drug-likeness (QED) is 0.420. The number of rotatable bonds is 6. The van der Waals surface area contributed by atoms with Gasteiger partial charge in [0.1, 0.15) is 5.75 Å². The molecule has 1 amide bonds. The first-order chi connectivity index (χ1) is 13.9. The molecular formula is C23H25NO5. The summed E-state index contributed by atoms with van der Waals surface area (Å²) in [6.07, 6.45) is 2.52. The molecule has 0 bridgehead atoms. The summed E-state index contributed by atoms with van der Waals surface area (Å²) in [5.74, 6) is 0.657. The van der Waals surface area contributed by atoms with Crippen LogP contribution in [0.2, 0.25) is 0 Å². The molecule has 0 aromatic heterocycles. The summed E-state index contributed by atoms with van der Waals surface area (Å²) in [7, 11) is 1.59. The van der Waals surface area contributed by atoms with E-state index in [0.717, 1.165) is 5.57 Å². The van der Waals surface area contributed by atoms with Crippen LogP contribution in [-0.4, -0.2) is 37.0 Å². The molecule has 2 aromatic carbocycles. The van der Waals surface area contributed by atoms with E-state index in [1.807, 2.05) is 12.1 Å². The number of hydrogen-bond donors (Lipinski definition) is 0. The fraction of sp³-hybridized carbons (Fsp3) is 0.304. The number of benzene rings is 2. The molecule has 29 heavy (non-hydrogen) atoms. The molecule has 6 heteroatoms. The summed E-state index contributed by atoms with van der Waals surface area (Å²) >= 11 is 0. The van der Waals surface area contributed by atoms with Gasteiger partial charge in [-0.05, 0) is 56.7 Å². The number of ether oxygens (including phenoxy) is 1. The SMILES string of the molecule is COc1ccc(C(=O)N2CC=C(C(C)(C)C(=O)OOc3ccccc3)CC2)cc1. The van der Waals surface area contributed by atoms with Crippen molar-refractivity contribution in [2.45, 2.75) is 20.3 Å². The van der Waals surface area contributed by atoms with Crippen molar-refractivity contribution in [3.05, 3.63) is 71.8 Å². The number of hydrogen-bond acceptors (Lipinski definition) is 5. The van der Waals surface area contributed by atoms with E-state index in [4.69, 9.17) is 14.5 Å². The van der Waals surface area contributed by atoms with Gasteiger partial charge < -0.3 is 9.64 Å². The Morgan fingerprint density at radius 3 is 2.24 bits per heavy atom. The summed E-state index contributed by atoms with van der Waals surface area (Å²) in [4.78, 5) is 37.2. The zero-order valence-electron chi connectivity index (χ0n) is 16.9. The highest BCUT2D eigenvalue weighted by Crippen LogP contribution is 2.33. The minimum atomic E-state index is -0.843. The van der Waals surface area contributed by atoms with Crippen LogP contribution in [-0.2, 0) is 9.68 Å². The molecule has 1 aliphatic rings. The van der Waals surface area contributed by atoms with Gasteiger partial charge in [-0.1, -0.05) is 29.8 Å². The van der Waals surface area contributed by atoms with Crippen LogP contribution in [0.4, 0.5) is 0 Å². The van der Waals surface area contributed by atoms with Gasteiger partial charge in [-0.3, -0.25) is 9.68 Å². The monoisotopic (exact) mass is 395 g/mol. The predicted octanol–water partition coefficient (Wildman–Crippen LogP) is 4.03. The van der Waals surface area contributed by atoms with Gasteiger partial charge in [-0.25, -0.2) is 9.68 Å². The van der Waals surface area contributed by atoms with Crippen LogP contribution in [0.5, 0.6) is 11.5 Å².